The number of rotatable bonds is 5. The first kappa shape index (κ1) is 15.5. The second-order valence-electron chi connectivity index (χ2n) is 5.28. The van der Waals surface area contributed by atoms with E-state index in [0.717, 1.165) is 42.8 Å². The highest BCUT2D eigenvalue weighted by Crippen LogP contribution is 2.29. The molecule has 2 heterocycles. The Labute approximate surface area is 129 Å². The summed E-state index contributed by atoms with van der Waals surface area (Å²) in [5, 5.41) is 3.23. The van der Waals surface area contributed by atoms with E-state index >= 15 is 0 Å². The molecule has 20 heavy (non-hydrogen) atoms. The molecule has 1 fully saturated rings. The van der Waals surface area contributed by atoms with Crippen LogP contribution in [0.2, 0.25) is 0 Å². The average molecular weight is 343 g/mol. The Kier molecular flexibility index (Phi) is 5.60. The highest BCUT2D eigenvalue weighted by atomic mass is 79.9. The van der Waals surface area contributed by atoms with Crippen molar-refractivity contribution in [2.45, 2.75) is 32.8 Å². The lowest BCUT2D eigenvalue weighted by molar-refractivity contribution is 0.0496. The van der Waals surface area contributed by atoms with Crippen molar-refractivity contribution in [2.75, 3.05) is 37.0 Å². The van der Waals surface area contributed by atoms with Crippen LogP contribution in [-0.4, -0.2) is 42.8 Å². The van der Waals surface area contributed by atoms with Crippen LogP contribution in [0.25, 0.3) is 0 Å². The van der Waals surface area contributed by atoms with Gasteiger partial charge in [0, 0.05) is 32.9 Å². The summed E-state index contributed by atoms with van der Waals surface area (Å²) in [5.41, 5.74) is 0. The quantitative estimate of drug-likeness (QED) is 0.891. The molecule has 1 aliphatic rings. The lowest BCUT2D eigenvalue weighted by Gasteiger charge is -2.37. The molecule has 112 valence electrons. The van der Waals surface area contributed by atoms with E-state index in [4.69, 9.17) is 4.74 Å². The van der Waals surface area contributed by atoms with Gasteiger partial charge in [-0.25, -0.2) is 4.98 Å². The zero-order chi connectivity index (χ0) is 14.5. The van der Waals surface area contributed by atoms with E-state index in [2.05, 4.69) is 50.0 Å². The van der Waals surface area contributed by atoms with E-state index < -0.39 is 0 Å². The van der Waals surface area contributed by atoms with Crippen molar-refractivity contribution in [3.63, 3.8) is 0 Å². The number of ether oxygens (including phenoxy) is 1. The number of nitrogens with one attached hydrogen (secondary N) is 1. The summed E-state index contributed by atoms with van der Waals surface area (Å²) in [6.45, 7) is 7.14. The largest absolute Gasteiger partial charge is 0.379 e. The van der Waals surface area contributed by atoms with Crippen molar-refractivity contribution in [1.29, 1.82) is 0 Å². The zero-order valence-electron chi connectivity index (χ0n) is 12.4. The molecule has 0 spiro atoms. The number of aromatic nitrogens is 2. The number of hydrogen-bond donors (Lipinski definition) is 1. The van der Waals surface area contributed by atoms with Gasteiger partial charge >= 0.3 is 0 Å². The maximum absolute atomic E-state index is 5.57. The lowest BCUT2D eigenvalue weighted by Crippen LogP contribution is -2.44. The Bertz CT molecular complexity index is 443. The Hall–Kier alpha value is -0.880. The normalized spacial score (nSPS) is 22.9. The summed E-state index contributed by atoms with van der Waals surface area (Å²) in [6, 6.07) is 0. The molecule has 1 aromatic rings. The van der Waals surface area contributed by atoms with Crippen LogP contribution in [0.5, 0.6) is 0 Å². The lowest BCUT2D eigenvalue weighted by atomic mass is 9.96. The third-order valence-electron chi connectivity index (χ3n) is 3.75. The minimum absolute atomic E-state index is 0.262. The van der Waals surface area contributed by atoms with Gasteiger partial charge in [0.1, 0.15) is 5.82 Å². The molecule has 0 saturated carbocycles. The summed E-state index contributed by atoms with van der Waals surface area (Å²) < 4.78 is 6.51. The predicted octanol–water partition coefficient (Wildman–Crippen LogP) is 2.92. The van der Waals surface area contributed by atoms with Crippen molar-refractivity contribution in [1.82, 2.24) is 9.97 Å². The Balaban J connectivity index is 2.14. The van der Waals surface area contributed by atoms with E-state index in [9.17, 15) is 0 Å². The molecule has 1 N–H and O–H groups in total. The summed E-state index contributed by atoms with van der Waals surface area (Å²) in [4.78, 5) is 11.2. The average Bonchev–Trinajstić information content (AvgIpc) is 2.47. The van der Waals surface area contributed by atoms with Crippen molar-refractivity contribution < 1.29 is 4.74 Å². The van der Waals surface area contributed by atoms with Crippen LogP contribution >= 0.6 is 15.9 Å². The van der Waals surface area contributed by atoms with Crippen LogP contribution in [0.15, 0.2) is 10.7 Å². The topological polar surface area (TPSA) is 50.3 Å². The molecule has 1 aliphatic heterocycles. The van der Waals surface area contributed by atoms with Gasteiger partial charge in [-0.1, -0.05) is 13.8 Å². The van der Waals surface area contributed by atoms with Gasteiger partial charge in [-0.2, -0.15) is 4.98 Å². The fourth-order valence-corrected chi connectivity index (χ4v) is 2.88. The van der Waals surface area contributed by atoms with E-state index in [1.54, 1.807) is 7.11 Å². The molecule has 0 bridgehead atoms. The van der Waals surface area contributed by atoms with Gasteiger partial charge in [0.2, 0.25) is 5.95 Å². The first-order valence-corrected chi connectivity index (χ1v) is 7.99. The smallest absolute Gasteiger partial charge is 0.224 e. The number of halogens is 1. The van der Waals surface area contributed by atoms with Crippen LogP contribution in [0.3, 0.4) is 0 Å². The monoisotopic (exact) mass is 342 g/mol. The molecule has 0 aliphatic carbocycles. The highest BCUT2D eigenvalue weighted by molar-refractivity contribution is 9.10. The number of methoxy groups -OCH3 is 1. The van der Waals surface area contributed by atoms with E-state index in [1.165, 1.54) is 0 Å². The van der Waals surface area contributed by atoms with Crippen LogP contribution in [0, 0.1) is 5.92 Å². The van der Waals surface area contributed by atoms with Crippen LogP contribution in [0.4, 0.5) is 11.8 Å². The Morgan fingerprint density at radius 3 is 3.05 bits per heavy atom. The number of nitrogens with zero attached hydrogens (tertiary/aromatic N) is 3. The number of anilines is 2. The van der Waals surface area contributed by atoms with Gasteiger partial charge in [0.05, 0.1) is 10.6 Å². The molecule has 2 unspecified atom stereocenters. The van der Waals surface area contributed by atoms with Gasteiger partial charge in [-0.15, -0.1) is 0 Å². The summed E-state index contributed by atoms with van der Waals surface area (Å²) in [5.74, 6) is 2.24. The zero-order valence-corrected chi connectivity index (χ0v) is 14.0. The van der Waals surface area contributed by atoms with E-state index in [-0.39, 0.29) is 6.10 Å². The second-order valence-corrected chi connectivity index (χ2v) is 6.13. The Morgan fingerprint density at radius 2 is 2.35 bits per heavy atom. The number of piperidine rings is 1. The van der Waals surface area contributed by atoms with E-state index in [1.807, 2.05) is 6.20 Å². The van der Waals surface area contributed by atoms with Crippen molar-refractivity contribution in [3.05, 3.63) is 10.7 Å². The molecule has 1 saturated heterocycles. The van der Waals surface area contributed by atoms with Crippen LogP contribution in [0.1, 0.15) is 26.7 Å². The Morgan fingerprint density at radius 1 is 1.55 bits per heavy atom. The SMILES string of the molecule is CCCNc1ncc(Br)c(N2CCC(C)C(OC)C2)n1. The maximum atomic E-state index is 5.57. The fraction of sp³-hybridized carbons (Fsp3) is 0.714. The predicted molar refractivity (Wildman–Crippen MR) is 85.3 cm³/mol. The summed E-state index contributed by atoms with van der Waals surface area (Å²) in [6.07, 6.45) is 4.26. The van der Waals surface area contributed by atoms with Gasteiger partial charge in [-0.05, 0) is 34.7 Å². The molecule has 0 aromatic carbocycles. The highest BCUT2D eigenvalue weighted by Gasteiger charge is 2.28. The van der Waals surface area contributed by atoms with Crippen LogP contribution in [-0.2, 0) is 4.74 Å². The third-order valence-corrected chi connectivity index (χ3v) is 4.31. The van der Waals surface area contributed by atoms with Gasteiger partial charge in [-0.3, -0.25) is 0 Å². The van der Waals surface area contributed by atoms with Crippen molar-refractivity contribution >= 4 is 27.7 Å². The first-order valence-electron chi connectivity index (χ1n) is 7.19. The minimum atomic E-state index is 0.262. The van der Waals surface area contributed by atoms with Gasteiger partial charge in [0.25, 0.3) is 0 Å². The van der Waals surface area contributed by atoms with E-state index in [0.29, 0.717) is 11.9 Å². The number of hydrogen-bond acceptors (Lipinski definition) is 5. The molecule has 0 amide bonds. The fourth-order valence-electron chi connectivity index (χ4n) is 2.43. The molecule has 1 aromatic heterocycles. The standard InChI is InChI=1S/C14H23BrN4O/c1-4-6-16-14-17-8-11(15)13(18-14)19-7-5-10(2)12(9-19)20-3/h8,10,12H,4-7,9H2,1-3H3,(H,16,17,18). The summed E-state index contributed by atoms with van der Waals surface area (Å²) in [7, 11) is 1.79. The van der Waals surface area contributed by atoms with Gasteiger partial charge in [0.15, 0.2) is 0 Å². The molecular weight excluding hydrogens is 320 g/mol. The molecule has 5 nitrogen and oxygen atoms in total. The van der Waals surface area contributed by atoms with Crippen LogP contribution < -0.4 is 10.2 Å². The molecular formula is C14H23BrN4O. The molecule has 2 atom stereocenters. The maximum Gasteiger partial charge on any atom is 0.224 e. The first-order chi connectivity index (χ1) is 9.65. The van der Waals surface area contributed by atoms with Crippen molar-refractivity contribution in [2.24, 2.45) is 5.92 Å². The summed E-state index contributed by atoms with van der Waals surface area (Å²) >= 11 is 3.56. The third kappa shape index (κ3) is 3.61. The van der Waals surface area contributed by atoms with Gasteiger partial charge < -0.3 is 15.0 Å². The minimum Gasteiger partial charge on any atom is -0.379 e. The molecule has 2 rings (SSSR count). The second kappa shape index (κ2) is 7.22. The van der Waals surface area contributed by atoms with Crippen molar-refractivity contribution in [3.8, 4) is 0 Å². The molecule has 6 heteroatoms. The molecule has 0 radical (unpaired) electrons.